The second kappa shape index (κ2) is 9.39. The molecule has 0 aliphatic rings. The molecule has 0 radical (unpaired) electrons. The number of benzene rings is 1. The number of rotatable bonds is 9. The van der Waals surface area contributed by atoms with Crippen LogP contribution in [0.3, 0.4) is 0 Å². The Bertz CT molecular complexity index is 651. The van der Waals surface area contributed by atoms with Crippen LogP contribution in [0.4, 0.5) is 17.1 Å². The van der Waals surface area contributed by atoms with Crippen LogP contribution >= 0.6 is 0 Å². The Morgan fingerprint density at radius 2 is 2.00 bits per heavy atom. The van der Waals surface area contributed by atoms with Gasteiger partial charge in [0.1, 0.15) is 5.69 Å². The van der Waals surface area contributed by atoms with Gasteiger partial charge in [0.25, 0.3) is 5.69 Å². The number of nitrogens with one attached hydrogen (secondary N) is 1. The highest BCUT2D eigenvalue weighted by atomic mass is 16.6. The normalized spacial score (nSPS) is 12.0. The topological polar surface area (TPSA) is 111 Å². The second-order valence-corrected chi connectivity index (χ2v) is 5.84. The van der Waals surface area contributed by atoms with E-state index in [1.54, 1.807) is 6.21 Å². The predicted octanol–water partition coefficient (Wildman–Crippen LogP) is 4.67. The van der Waals surface area contributed by atoms with E-state index in [-0.39, 0.29) is 17.1 Å². The van der Waals surface area contributed by atoms with Gasteiger partial charge in [-0.2, -0.15) is 5.10 Å². The van der Waals surface area contributed by atoms with Crippen LogP contribution < -0.4 is 5.43 Å². The molecule has 130 valence electrons. The van der Waals surface area contributed by atoms with E-state index in [1.165, 1.54) is 17.7 Å². The van der Waals surface area contributed by atoms with Gasteiger partial charge in [-0.05, 0) is 45.1 Å². The van der Waals surface area contributed by atoms with E-state index in [4.69, 9.17) is 0 Å². The van der Waals surface area contributed by atoms with Crippen LogP contribution in [-0.2, 0) is 0 Å². The van der Waals surface area contributed by atoms with Gasteiger partial charge in [-0.15, -0.1) is 0 Å². The number of non-ortho nitro benzene ring substituents is 1. The minimum atomic E-state index is -0.674. The van der Waals surface area contributed by atoms with Crippen molar-refractivity contribution in [3.63, 3.8) is 0 Å². The molecular formula is C16H22N4O4. The highest BCUT2D eigenvalue weighted by Gasteiger charge is 2.18. The Labute approximate surface area is 140 Å². The molecule has 1 unspecified atom stereocenters. The van der Waals surface area contributed by atoms with Gasteiger partial charge in [0.2, 0.25) is 0 Å². The van der Waals surface area contributed by atoms with Crippen LogP contribution in [0.15, 0.2) is 34.9 Å². The Hall–Kier alpha value is -2.77. The molecule has 1 aromatic rings. The number of hydrogen-bond acceptors (Lipinski definition) is 6. The summed E-state index contributed by atoms with van der Waals surface area (Å²) in [5.41, 5.74) is 3.30. The SMILES string of the molecule is CC(C)=CCCC(C)C/C=N/Nc1ccc([N+](=O)[O-])cc1[N+](=O)[O-]. The van der Waals surface area contributed by atoms with E-state index < -0.39 is 9.85 Å². The summed E-state index contributed by atoms with van der Waals surface area (Å²) in [6, 6.07) is 3.40. The summed E-state index contributed by atoms with van der Waals surface area (Å²) in [6.45, 7) is 6.24. The number of hydrogen-bond donors (Lipinski definition) is 1. The number of nitrogens with zero attached hydrogens (tertiary/aromatic N) is 3. The minimum Gasteiger partial charge on any atom is -0.272 e. The molecule has 8 heteroatoms. The molecule has 1 aromatic carbocycles. The van der Waals surface area contributed by atoms with Crippen molar-refractivity contribution in [3.05, 3.63) is 50.1 Å². The zero-order valence-electron chi connectivity index (χ0n) is 14.1. The van der Waals surface area contributed by atoms with Gasteiger partial charge in [0.05, 0.1) is 15.9 Å². The molecule has 1 atom stereocenters. The fourth-order valence-corrected chi connectivity index (χ4v) is 2.00. The zero-order chi connectivity index (χ0) is 18.1. The number of allylic oxidation sites excluding steroid dienone is 2. The molecule has 8 nitrogen and oxygen atoms in total. The molecule has 24 heavy (non-hydrogen) atoms. The van der Waals surface area contributed by atoms with Crippen molar-refractivity contribution in [1.82, 2.24) is 0 Å². The Morgan fingerprint density at radius 3 is 2.58 bits per heavy atom. The van der Waals surface area contributed by atoms with Crippen molar-refractivity contribution in [3.8, 4) is 0 Å². The predicted molar refractivity (Wildman–Crippen MR) is 94.3 cm³/mol. The summed E-state index contributed by atoms with van der Waals surface area (Å²) in [7, 11) is 0. The van der Waals surface area contributed by atoms with E-state index in [0.29, 0.717) is 5.92 Å². The monoisotopic (exact) mass is 334 g/mol. The molecule has 0 amide bonds. The maximum absolute atomic E-state index is 11.0. The van der Waals surface area contributed by atoms with Gasteiger partial charge in [-0.1, -0.05) is 18.6 Å². The van der Waals surface area contributed by atoms with Gasteiger partial charge in [-0.3, -0.25) is 25.7 Å². The molecule has 0 saturated carbocycles. The van der Waals surface area contributed by atoms with E-state index in [1.807, 2.05) is 0 Å². The second-order valence-electron chi connectivity index (χ2n) is 5.84. The van der Waals surface area contributed by atoms with Crippen molar-refractivity contribution in [2.24, 2.45) is 11.0 Å². The lowest BCUT2D eigenvalue weighted by molar-refractivity contribution is -0.393. The molecule has 0 aromatic heterocycles. The lowest BCUT2D eigenvalue weighted by atomic mass is 10.0. The largest absolute Gasteiger partial charge is 0.301 e. The number of anilines is 1. The zero-order valence-corrected chi connectivity index (χ0v) is 14.1. The molecule has 0 aliphatic heterocycles. The maximum atomic E-state index is 11.0. The van der Waals surface area contributed by atoms with Crippen LogP contribution in [0, 0.1) is 26.1 Å². The first kappa shape index (κ1) is 19.3. The van der Waals surface area contributed by atoms with Crippen molar-refractivity contribution in [2.75, 3.05) is 5.43 Å². The van der Waals surface area contributed by atoms with Gasteiger partial charge < -0.3 is 0 Å². The Balaban J connectivity index is 2.62. The third-order valence-corrected chi connectivity index (χ3v) is 3.38. The quantitative estimate of drug-likeness (QED) is 0.305. The third kappa shape index (κ3) is 6.55. The fraction of sp³-hybridized carbons (Fsp3) is 0.438. The highest BCUT2D eigenvalue weighted by molar-refractivity contribution is 5.67. The summed E-state index contributed by atoms with van der Waals surface area (Å²) >= 11 is 0. The number of nitro benzene ring substituents is 2. The molecule has 1 N–H and O–H groups in total. The van der Waals surface area contributed by atoms with Crippen LogP contribution in [0.2, 0.25) is 0 Å². The molecule has 0 fully saturated rings. The van der Waals surface area contributed by atoms with Gasteiger partial charge in [0, 0.05) is 12.3 Å². The van der Waals surface area contributed by atoms with Crippen molar-refractivity contribution in [2.45, 2.75) is 40.0 Å². The lowest BCUT2D eigenvalue weighted by Gasteiger charge is -2.06. The lowest BCUT2D eigenvalue weighted by Crippen LogP contribution is -2.00. The van der Waals surface area contributed by atoms with Gasteiger partial charge >= 0.3 is 5.69 Å². The average Bonchev–Trinajstić information content (AvgIpc) is 2.50. The van der Waals surface area contributed by atoms with Gasteiger partial charge in [0.15, 0.2) is 0 Å². The average molecular weight is 334 g/mol. The van der Waals surface area contributed by atoms with Crippen LogP contribution in [0.5, 0.6) is 0 Å². The van der Waals surface area contributed by atoms with Crippen LogP contribution in [0.25, 0.3) is 0 Å². The summed E-state index contributed by atoms with van der Waals surface area (Å²) in [4.78, 5) is 20.3. The standard InChI is InChI=1S/C16H22N4O4/c1-12(2)5-4-6-13(3)9-10-17-18-15-8-7-14(19(21)22)11-16(15)20(23)24/h5,7-8,10-11,13,18H,4,6,9H2,1-3H3/b17-10+. The fourth-order valence-electron chi connectivity index (χ4n) is 2.00. The minimum absolute atomic E-state index is 0.124. The van der Waals surface area contributed by atoms with Crippen LogP contribution in [-0.4, -0.2) is 16.1 Å². The molecule has 0 aliphatic carbocycles. The van der Waals surface area contributed by atoms with E-state index in [9.17, 15) is 20.2 Å². The number of nitro groups is 2. The smallest absolute Gasteiger partial charge is 0.272 e. The Kier molecular flexibility index (Phi) is 7.54. The first-order chi connectivity index (χ1) is 11.3. The summed E-state index contributed by atoms with van der Waals surface area (Å²) in [6.07, 6.45) is 6.64. The summed E-state index contributed by atoms with van der Waals surface area (Å²) in [5, 5.41) is 25.7. The molecule has 0 spiro atoms. The van der Waals surface area contributed by atoms with Crippen molar-refractivity contribution < 1.29 is 9.85 Å². The van der Waals surface area contributed by atoms with E-state index in [0.717, 1.165) is 25.3 Å². The molecule has 1 rings (SSSR count). The van der Waals surface area contributed by atoms with Crippen LogP contribution in [0.1, 0.15) is 40.0 Å². The van der Waals surface area contributed by atoms with Crippen molar-refractivity contribution >= 4 is 23.3 Å². The molecule has 0 saturated heterocycles. The molecular weight excluding hydrogens is 312 g/mol. The Morgan fingerprint density at radius 1 is 1.29 bits per heavy atom. The summed E-state index contributed by atoms with van der Waals surface area (Å²) < 4.78 is 0. The van der Waals surface area contributed by atoms with E-state index in [2.05, 4.69) is 37.4 Å². The van der Waals surface area contributed by atoms with Gasteiger partial charge in [-0.25, -0.2) is 0 Å². The third-order valence-electron chi connectivity index (χ3n) is 3.38. The van der Waals surface area contributed by atoms with E-state index >= 15 is 0 Å². The highest BCUT2D eigenvalue weighted by Crippen LogP contribution is 2.28. The first-order valence-electron chi connectivity index (χ1n) is 7.65. The van der Waals surface area contributed by atoms with Crippen molar-refractivity contribution in [1.29, 1.82) is 0 Å². The molecule has 0 bridgehead atoms. The first-order valence-corrected chi connectivity index (χ1v) is 7.65. The summed E-state index contributed by atoms with van der Waals surface area (Å²) in [5.74, 6) is 0.443. The number of hydrazone groups is 1. The molecule has 0 heterocycles. The maximum Gasteiger partial charge on any atom is 0.301 e.